The zero-order valence-electron chi connectivity index (χ0n) is 11.5. The van der Waals surface area contributed by atoms with Gasteiger partial charge in [-0.25, -0.2) is 19.5 Å². The van der Waals surface area contributed by atoms with Crippen LogP contribution in [0.4, 0.5) is 5.95 Å². The van der Waals surface area contributed by atoms with Crippen LogP contribution in [0.2, 0.25) is 0 Å². The molecule has 0 amide bonds. The zero-order valence-corrected chi connectivity index (χ0v) is 11.5. The van der Waals surface area contributed by atoms with Gasteiger partial charge in [0.25, 0.3) is 0 Å². The molecule has 0 spiro atoms. The number of nitrogens with two attached hydrogens (primary N) is 1. The molecule has 0 atom stereocenters. The van der Waals surface area contributed by atoms with Crippen molar-refractivity contribution in [1.82, 2.24) is 24.6 Å². The largest absolute Gasteiger partial charge is 0.495 e. The van der Waals surface area contributed by atoms with Gasteiger partial charge in [-0.1, -0.05) is 0 Å². The molecule has 0 radical (unpaired) electrons. The molecule has 106 valence electrons. The molecule has 2 N–H and O–H groups in total. The van der Waals surface area contributed by atoms with E-state index in [4.69, 9.17) is 15.6 Å². The number of ether oxygens (including phenoxy) is 1. The fourth-order valence-corrected chi connectivity index (χ4v) is 2.41. The van der Waals surface area contributed by atoms with Crippen LogP contribution >= 0.6 is 0 Å². The number of imidazole rings is 1. The van der Waals surface area contributed by atoms with Crippen LogP contribution in [0.3, 0.4) is 0 Å². The highest BCUT2D eigenvalue weighted by atomic mass is 16.5. The molecule has 7 heteroatoms. The van der Waals surface area contributed by atoms with E-state index in [0.29, 0.717) is 11.6 Å². The monoisotopic (exact) mass is 282 g/mol. The number of fused-ring (bicyclic) bond motifs is 1. The van der Waals surface area contributed by atoms with Crippen molar-refractivity contribution in [3.63, 3.8) is 0 Å². The van der Waals surface area contributed by atoms with Gasteiger partial charge in [-0.2, -0.15) is 5.10 Å². The summed E-state index contributed by atoms with van der Waals surface area (Å²) in [5.41, 5.74) is 8.85. The Morgan fingerprint density at radius 3 is 2.90 bits per heavy atom. The van der Waals surface area contributed by atoms with Gasteiger partial charge in [0, 0.05) is 18.2 Å². The van der Waals surface area contributed by atoms with Gasteiger partial charge in [-0.15, -0.1) is 0 Å². The average molecular weight is 282 g/mol. The normalized spacial score (nSPS) is 14.5. The molecule has 0 unspecified atom stereocenters. The highest BCUT2D eigenvalue weighted by molar-refractivity contribution is 5.61. The van der Waals surface area contributed by atoms with Crippen LogP contribution in [0.1, 0.15) is 24.5 Å². The second kappa shape index (κ2) is 4.41. The Morgan fingerprint density at radius 1 is 1.33 bits per heavy atom. The first-order valence-corrected chi connectivity index (χ1v) is 6.78. The lowest BCUT2D eigenvalue weighted by atomic mass is 10.2. The lowest BCUT2D eigenvalue weighted by Crippen LogP contribution is -2.03. The quantitative estimate of drug-likeness (QED) is 0.785. The maximum atomic E-state index is 5.65. The Bertz CT molecular complexity index is 823. The lowest BCUT2D eigenvalue weighted by Gasteiger charge is -2.08. The van der Waals surface area contributed by atoms with Gasteiger partial charge < -0.3 is 10.5 Å². The molecule has 0 aliphatic heterocycles. The first-order chi connectivity index (χ1) is 10.3. The zero-order chi connectivity index (χ0) is 14.4. The van der Waals surface area contributed by atoms with E-state index in [2.05, 4.69) is 15.0 Å². The molecular formula is C14H14N6O. The molecule has 7 nitrogen and oxygen atoms in total. The van der Waals surface area contributed by atoms with Crippen molar-refractivity contribution < 1.29 is 4.74 Å². The summed E-state index contributed by atoms with van der Waals surface area (Å²) < 4.78 is 7.22. The van der Waals surface area contributed by atoms with Gasteiger partial charge in [0.1, 0.15) is 17.1 Å². The number of nitrogen functional groups attached to an aromatic ring is 1. The van der Waals surface area contributed by atoms with E-state index >= 15 is 0 Å². The number of anilines is 1. The Morgan fingerprint density at radius 2 is 2.19 bits per heavy atom. The summed E-state index contributed by atoms with van der Waals surface area (Å²) in [7, 11) is 1.66. The summed E-state index contributed by atoms with van der Waals surface area (Å²) >= 11 is 0. The third-order valence-corrected chi connectivity index (χ3v) is 3.61. The lowest BCUT2D eigenvalue weighted by molar-refractivity contribution is 0.405. The summed E-state index contributed by atoms with van der Waals surface area (Å²) in [6, 6.07) is 3.71. The molecule has 3 heterocycles. The molecule has 4 rings (SSSR count). The predicted molar refractivity (Wildman–Crippen MR) is 77.0 cm³/mol. The number of aromatic nitrogens is 5. The third-order valence-electron chi connectivity index (χ3n) is 3.61. The van der Waals surface area contributed by atoms with Crippen molar-refractivity contribution in [3.8, 4) is 17.1 Å². The van der Waals surface area contributed by atoms with E-state index in [9.17, 15) is 0 Å². The molecule has 1 fully saturated rings. The average Bonchev–Trinajstić information content (AvgIpc) is 3.26. The fourth-order valence-electron chi connectivity index (χ4n) is 2.41. The first kappa shape index (κ1) is 12.1. The van der Waals surface area contributed by atoms with Crippen LogP contribution in [0, 0.1) is 0 Å². The highest BCUT2D eigenvalue weighted by Crippen LogP contribution is 2.43. The second-order valence-electron chi connectivity index (χ2n) is 5.09. The molecule has 0 aromatic carbocycles. The van der Waals surface area contributed by atoms with Crippen LogP contribution in [0.5, 0.6) is 5.75 Å². The SMILES string of the molecule is COc1cc2ncc(-c3ccnc(N)n3)n2nc1C1CC1. The summed E-state index contributed by atoms with van der Waals surface area (Å²) in [6.07, 6.45) is 5.67. The van der Waals surface area contributed by atoms with Gasteiger partial charge in [0.2, 0.25) is 5.95 Å². The summed E-state index contributed by atoms with van der Waals surface area (Å²) in [6.45, 7) is 0. The molecule has 3 aromatic heterocycles. The minimum absolute atomic E-state index is 0.235. The van der Waals surface area contributed by atoms with Gasteiger partial charge in [-0.05, 0) is 18.9 Å². The van der Waals surface area contributed by atoms with Crippen LogP contribution in [-0.2, 0) is 0 Å². The molecule has 1 aliphatic rings. The number of methoxy groups -OCH3 is 1. The maximum Gasteiger partial charge on any atom is 0.220 e. The highest BCUT2D eigenvalue weighted by Gasteiger charge is 2.29. The van der Waals surface area contributed by atoms with Crippen molar-refractivity contribution in [3.05, 3.63) is 30.2 Å². The Labute approximate surface area is 120 Å². The molecule has 1 aliphatic carbocycles. The van der Waals surface area contributed by atoms with Crippen LogP contribution < -0.4 is 10.5 Å². The van der Waals surface area contributed by atoms with Crippen molar-refractivity contribution in [2.24, 2.45) is 0 Å². The summed E-state index contributed by atoms with van der Waals surface area (Å²) in [5.74, 6) is 1.51. The van der Waals surface area contributed by atoms with E-state index in [1.807, 2.05) is 6.07 Å². The Balaban J connectivity index is 1.93. The van der Waals surface area contributed by atoms with E-state index in [1.165, 1.54) is 0 Å². The number of rotatable bonds is 3. The predicted octanol–water partition coefficient (Wildman–Crippen LogP) is 1.65. The van der Waals surface area contributed by atoms with Gasteiger partial charge in [-0.3, -0.25) is 0 Å². The summed E-state index contributed by atoms with van der Waals surface area (Å²) in [4.78, 5) is 12.5. The van der Waals surface area contributed by atoms with Crippen molar-refractivity contribution in [2.75, 3.05) is 12.8 Å². The minimum Gasteiger partial charge on any atom is -0.495 e. The van der Waals surface area contributed by atoms with E-state index in [-0.39, 0.29) is 5.95 Å². The Kier molecular flexibility index (Phi) is 2.53. The Hall–Kier alpha value is -2.70. The smallest absolute Gasteiger partial charge is 0.220 e. The second-order valence-corrected chi connectivity index (χ2v) is 5.09. The fraction of sp³-hybridized carbons (Fsp3) is 0.286. The van der Waals surface area contributed by atoms with Crippen molar-refractivity contribution in [2.45, 2.75) is 18.8 Å². The maximum absolute atomic E-state index is 5.65. The number of hydrogen-bond donors (Lipinski definition) is 1. The molecule has 3 aromatic rings. The molecule has 0 saturated heterocycles. The minimum atomic E-state index is 0.235. The van der Waals surface area contributed by atoms with Gasteiger partial charge in [0.15, 0.2) is 5.65 Å². The molecule has 21 heavy (non-hydrogen) atoms. The van der Waals surface area contributed by atoms with Gasteiger partial charge in [0.05, 0.1) is 19.0 Å². The van der Waals surface area contributed by atoms with Gasteiger partial charge >= 0.3 is 0 Å². The summed E-state index contributed by atoms with van der Waals surface area (Å²) in [5, 5.41) is 4.70. The molecule has 1 saturated carbocycles. The first-order valence-electron chi connectivity index (χ1n) is 6.78. The van der Waals surface area contributed by atoms with Crippen LogP contribution in [0.25, 0.3) is 17.0 Å². The molecular weight excluding hydrogens is 268 g/mol. The third kappa shape index (κ3) is 1.97. The van der Waals surface area contributed by atoms with Crippen molar-refractivity contribution >= 4 is 11.6 Å². The van der Waals surface area contributed by atoms with Crippen LogP contribution in [-0.4, -0.2) is 31.7 Å². The van der Waals surface area contributed by atoms with Crippen LogP contribution in [0.15, 0.2) is 24.5 Å². The van der Waals surface area contributed by atoms with E-state index in [0.717, 1.165) is 35.6 Å². The topological polar surface area (TPSA) is 91.2 Å². The molecule has 0 bridgehead atoms. The standard InChI is InChI=1S/C14H14N6O/c1-21-11-6-12-17-7-10(9-4-5-16-14(15)18-9)20(12)19-13(11)8-2-3-8/h4-8H,2-3H2,1H3,(H2,15,16,18). The van der Waals surface area contributed by atoms with Crippen molar-refractivity contribution in [1.29, 1.82) is 0 Å². The number of hydrogen-bond acceptors (Lipinski definition) is 6. The van der Waals surface area contributed by atoms with E-state index < -0.39 is 0 Å². The number of nitrogens with zero attached hydrogens (tertiary/aromatic N) is 5. The van der Waals surface area contributed by atoms with E-state index in [1.54, 1.807) is 30.1 Å².